The van der Waals surface area contributed by atoms with Crippen LogP contribution in [0.1, 0.15) is 12.0 Å². The first-order valence-electron chi connectivity index (χ1n) is 7.33. The first-order valence-corrected chi connectivity index (χ1v) is 9.57. The standard InChI is InChI=1S/C17H15BrN2O3S/c18-14-10-8-13(9-11-14)5-3-4-12-20-17(21)19-15-6-1-2-7-16(15)24(20,22)23/h1-3,5-11H,4,12H2,(H,19,21)/b5-3+. The number of para-hydroxylation sites is 1. The number of urea groups is 1. The Morgan fingerprint density at radius 1 is 1.08 bits per heavy atom. The molecule has 2 aromatic rings. The Hall–Kier alpha value is -2.12. The van der Waals surface area contributed by atoms with Gasteiger partial charge >= 0.3 is 6.03 Å². The van der Waals surface area contributed by atoms with Crippen LogP contribution in [0.2, 0.25) is 0 Å². The number of anilines is 1. The molecule has 1 N–H and O–H groups in total. The van der Waals surface area contributed by atoms with E-state index in [0.717, 1.165) is 14.3 Å². The summed E-state index contributed by atoms with van der Waals surface area (Å²) in [7, 11) is -3.80. The lowest BCUT2D eigenvalue weighted by molar-refractivity contribution is 0.235. The van der Waals surface area contributed by atoms with Crippen LogP contribution in [-0.2, 0) is 10.0 Å². The van der Waals surface area contributed by atoms with Crippen LogP contribution in [0.15, 0.2) is 64.0 Å². The lowest BCUT2D eigenvalue weighted by atomic mass is 10.2. The number of carbonyl (C=O) groups is 1. The molecular weight excluding hydrogens is 392 g/mol. The van der Waals surface area contributed by atoms with Gasteiger partial charge in [0, 0.05) is 11.0 Å². The van der Waals surface area contributed by atoms with Crippen LogP contribution in [-0.4, -0.2) is 25.3 Å². The zero-order valence-electron chi connectivity index (χ0n) is 12.6. The van der Waals surface area contributed by atoms with Crippen molar-refractivity contribution in [3.63, 3.8) is 0 Å². The van der Waals surface area contributed by atoms with E-state index in [1.807, 2.05) is 36.4 Å². The van der Waals surface area contributed by atoms with Crippen LogP contribution in [0.4, 0.5) is 10.5 Å². The van der Waals surface area contributed by atoms with E-state index in [-0.39, 0.29) is 11.4 Å². The van der Waals surface area contributed by atoms with Crippen molar-refractivity contribution in [2.45, 2.75) is 11.3 Å². The number of nitrogens with one attached hydrogen (secondary N) is 1. The van der Waals surface area contributed by atoms with Gasteiger partial charge in [0.2, 0.25) is 0 Å². The molecule has 0 fully saturated rings. The zero-order chi connectivity index (χ0) is 17.2. The molecule has 124 valence electrons. The van der Waals surface area contributed by atoms with Crippen LogP contribution in [0.5, 0.6) is 0 Å². The van der Waals surface area contributed by atoms with E-state index in [1.165, 1.54) is 6.07 Å². The first-order chi connectivity index (χ1) is 11.5. The molecule has 0 bridgehead atoms. The maximum Gasteiger partial charge on any atom is 0.335 e. The fourth-order valence-corrected chi connectivity index (χ4v) is 4.17. The molecule has 0 saturated carbocycles. The normalized spacial score (nSPS) is 16.0. The number of nitrogens with zero attached hydrogens (tertiary/aromatic N) is 1. The molecule has 0 aliphatic carbocycles. The SMILES string of the molecule is O=C1Nc2ccccc2S(=O)(=O)N1CC/C=C/c1ccc(Br)cc1. The van der Waals surface area contributed by atoms with Crippen molar-refractivity contribution in [1.29, 1.82) is 0 Å². The van der Waals surface area contributed by atoms with E-state index in [4.69, 9.17) is 0 Å². The summed E-state index contributed by atoms with van der Waals surface area (Å²) in [5, 5.41) is 2.61. The number of halogens is 1. The van der Waals surface area contributed by atoms with Crippen molar-refractivity contribution in [2.24, 2.45) is 0 Å². The molecule has 0 atom stereocenters. The van der Waals surface area contributed by atoms with Crippen LogP contribution >= 0.6 is 15.9 Å². The molecule has 2 amide bonds. The van der Waals surface area contributed by atoms with Crippen molar-refractivity contribution in [3.05, 3.63) is 64.6 Å². The summed E-state index contributed by atoms with van der Waals surface area (Å²) in [6.45, 7) is 0.0928. The Bertz CT molecular complexity index is 892. The van der Waals surface area contributed by atoms with Crippen molar-refractivity contribution in [2.75, 3.05) is 11.9 Å². The molecule has 2 aromatic carbocycles. The van der Waals surface area contributed by atoms with Gasteiger partial charge in [-0.15, -0.1) is 0 Å². The summed E-state index contributed by atoms with van der Waals surface area (Å²) in [5.74, 6) is 0. The molecule has 7 heteroatoms. The molecule has 24 heavy (non-hydrogen) atoms. The first kappa shape index (κ1) is 16.7. The van der Waals surface area contributed by atoms with Gasteiger partial charge in [-0.3, -0.25) is 0 Å². The molecule has 0 unspecified atom stereocenters. The number of amides is 2. The highest BCUT2D eigenvalue weighted by Crippen LogP contribution is 2.29. The van der Waals surface area contributed by atoms with Crippen molar-refractivity contribution in [3.8, 4) is 0 Å². The van der Waals surface area contributed by atoms with Crippen LogP contribution in [0.25, 0.3) is 6.08 Å². The van der Waals surface area contributed by atoms with Gasteiger partial charge in [0.1, 0.15) is 4.90 Å². The van der Waals surface area contributed by atoms with E-state index in [2.05, 4.69) is 21.2 Å². The topological polar surface area (TPSA) is 66.5 Å². The lowest BCUT2D eigenvalue weighted by Gasteiger charge is -2.28. The Balaban J connectivity index is 1.71. The molecule has 0 aromatic heterocycles. The summed E-state index contributed by atoms with van der Waals surface area (Å²) in [6, 6.07) is 13.5. The van der Waals surface area contributed by atoms with Gasteiger partial charge in [0.05, 0.1) is 5.69 Å². The largest absolute Gasteiger partial charge is 0.335 e. The number of carbonyl (C=O) groups excluding carboxylic acids is 1. The number of fused-ring (bicyclic) bond motifs is 1. The third kappa shape index (κ3) is 3.37. The van der Waals surface area contributed by atoms with Gasteiger partial charge in [-0.25, -0.2) is 17.5 Å². The zero-order valence-corrected chi connectivity index (χ0v) is 15.0. The Labute approximate surface area is 149 Å². The molecule has 0 radical (unpaired) electrons. The predicted octanol–water partition coefficient (Wildman–Crippen LogP) is 4.09. The monoisotopic (exact) mass is 406 g/mol. The average Bonchev–Trinajstić information content (AvgIpc) is 2.55. The molecule has 1 aliphatic heterocycles. The second kappa shape index (κ2) is 6.78. The van der Waals surface area contributed by atoms with Gasteiger partial charge in [-0.2, -0.15) is 0 Å². The van der Waals surface area contributed by atoms with E-state index < -0.39 is 16.1 Å². The third-order valence-corrected chi connectivity index (χ3v) is 5.97. The molecule has 5 nitrogen and oxygen atoms in total. The third-order valence-electron chi connectivity index (χ3n) is 3.60. The summed E-state index contributed by atoms with van der Waals surface area (Å²) < 4.78 is 27.0. The molecule has 1 aliphatic rings. The molecular formula is C17H15BrN2O3S. The minimum atomic E-state index is -3.80. The number of hydrogen-bond donors (Lipinski definition) is 1. The highest BCUT2D eigenvalue weighted by atomic mass is 79.9. The predicted molar refractivity (Wildman–Crippen MR) is 97.1 cm³/mol. The number of sulfonamides is 1. The second-order valence-corrected chi connectivity index (χ2v) is 7.99. The number of hydrogen-bond acceptors (Lipinski definition) is 3. The maximum atomic E-state index is 12.6. The number of rotatable bonds is 4. The molecule has 1 heterocycles. The Morgan fingerprint density at radius 3 is 2.54 bits per heavy atom. The van der Waals surface area contributed by atoms with Crippen molar-refractivity contribution < 1.29 is 13.2 Å². The molecule has 0 saturated heterocycles. The van der Waals surface area contributed by atoms with E-state index >= 15 is 0 Å². The summed E-state index contributed by atoms with van der Waals surface area (Å²) in [4.78, 5) is 12.2. The fraction of sp³-hybridized carbons (Fsp3) is 0.118. The van der Waals surface area contributed by atoms with Gasteiger partial charge in [0.25, 0.3) is 10.0 Å². The highest BCUT2D eigenvalue weighted by molar-refractivity contribution is 9.10. The van der Waals surface area contributed by atoms with E-state index in [1.54, 1.807) is 18.2 Å². The summed E-state index contributed by atoms with van der Waals surface area (Å²) >= 11 is 3.37. The van der Waals surface area contributed by atoms with Gasteiger partial charge < -0.3 is 5.32 Å². The maximum absolute atomic E-state index is 12.6. The summed E-state index contributed by atoms with van der Waals surface area (Å²) in [5.41, 5.74) is 1.33. The van der Waals surface area contributed by atoms with Gasteiger partial charge in [0.15, 0.2) is 0 Å². The van der Waals surface area contributed by atoms with Crippen LogP contribution in [0, 0.1) is 0 Å². The van der Waals surface area contributed by atoms with Gasteiger partial charge in [-0.05, 0) is 36.2 Å². The fourth-order valence-electron chi connectivity index (χ4n) is 2.41. The highest BCUT2D eigenvalue weighted by Gasteiger charge is 2.35. The smallest absolute Gasteiger partial charge is 0.306 e. The van der Waals surface area contributed by atoms with Gasteiger partial charge in [-0.1, -0.05) is 52.3 Å². The minimum Gasteiger partial charge on any atom is -0.306 e. The minimum absolute atomic E-state index is 0.0928. The Morgan fingerprint density at radius 2 is 1.79 bits per heavy atom. The van der Waals surface area contributed by atoms with Crippen molar-refractivity contribution >= 4 is 43.7 Å². The van der Waals surface area contributed by atoms with Crippen LogP contribution in [0.3, 0.4) is 0 Å². The molecule has 0 spiro atoms. The Kier molecular flexibility index (Phi) is 4.73. The summed E-state index contributed by atoms with van der Waals surface area (Å²) in [6.07, 6.45) is 4.19. The van der Waals surface area contributed by atoms with E-state index in [0.29, 0.717) is 12.1 Å². The lowest BCUT2D eigenvalue weighted by Crippen LogP contribution is -2.44. The quantitative estimate of drug-likeness (QED) is 0.831. The second-order valence-electron chi connectivity index (χ2n) is 5.25. The van der Waals surface area contributed by atoms with Crippen molar-refractivity contribution in [1.82, 2.24) is 4.31 Å². The van der Waals surface area contributed by atoms with Crippen LogP contribution < -0.4 is 5.32 Å². The average molecular weight is 407 g/mol. The van der Waals surface area contributed by atoms with E-state index in [9.17, 15) is 13.2 Å². The number of benzene rings is 2. The molecule has 3 rings (SSSR count).